The van der Waals surface area contributed by atoms with Crippen LogP contribution in [0.25, 0.3) is 0 Å². The van der Waals surface area contributed by atoms with Crippen LogP contribution in [0.4, 0.5) is 0 Å². The minimum atomic E-state index is -0.351. The summed E-state index contributed by atoms with van der Waals surface area (Å²) in [6, 6.07) is 7.40. The Morgan fingerprint density at radius 3 is 2.47 bits per heavy atom. The number of carbonyl (C=O) groups is 1. The molecule has 0 amide bonds. The molecule has 1 aromatic rings. The summed E-state index contributed by atoms with van der Waals surface area (Å²) < 4.78 is 5.44. The van der Waals surface area contributed by atoms with Gasteiger partial charge >= 0.3 is 5.97 Å². The van der Waals surface area contributed by atoms with Crippen LogP contribution < -0.4 is 5.32 Å². The second-order valence-electron chi connectivity index (χ2n) is 5.77. The minimum Gasteiger partial charge on any atom is -0.456 e. The molecule has 4 heteroatoms. The van der Waals surface area contributed by atoms with Crippen LogP contribution in [-0.2, 0) is 9.53 Å². The Hall–Kier alpha value is -1.06. The van der Waals surface area contributed by atoms with Crippen LogP contribution in [0, 0.1) is 0 Å². The predicted molar refractivity (Wildman–Crippen MR) is 78.3 cm³/mol. The topological polar surface area (TPSA) is 38.3 Å². The summed E-state index contributed by atoms with van der Waals surface area (Å²) in [6.45, 7) is 9.64. The third-order valence-corrected chi connectivity index (χ3v) is 2.82. The summed E-state index contributed by atoms with van der Waals surface area (Å²) >= 11 is 6.00. The monoisotopic (exact) mass is 283 g/mol. The van der Waals surface area contributed by atoms with Crippen LogP contribution in [0.5, 0.6) is 0 Å². The normalized spacial score (nSPS) is 14.8. The van der Waals surface area contributed by atoms with Gasteiger partial charge in [-0.25, -0.2) is 0 Å². The van der Waals surface area contributed by atoms with Gasteiger partial charge in [-0.3, -0.25) is 4.79 Å². The molecule has 1 aromatic carbocycles. The van der Waals surface area contributed by atoms with Gasteiger partial charge in [0, 0.05) is 23.5 Å². The van der Waals surface area contributed by atoms with Crippen LogP contribution in [0.1, 0.15) is 46.3 Å². The fraction of sp³-hybridized carbons (Fsp3) is 0.533. The van der Waals surface area contributed by atoms with Crippen LogP contribution in [0.15, 0.2) is 24.3 Å². The smallest absolute Gasteiger partial charge is 0.303 e. The molecule has 0 heterocycles. The van der Waals surface area contributed by atoms with Crippen molar-refractivity contribution >= 4 is 17.6 Å². The van der Waals surface area contributed by atoms with E-state index < -0.39 is 0 Å². The summed E-state index contributed by atoms with van der Waals surface area (Å²) in [6.07, 6.45) is -0.351. The standard InChI is InChI=1S/C15H22ClNO2/c1-10(17-15(3,4)5)14(19-11(2)18)12-7-6-8-13(16)9-12/h6-10,14,17H,1-5H3/t10-,14+/m0/s1. The average molecular weight is 284 g/mol. The van der Waals surface area contributed by atoms with Crippen molar-refractivity contribution in [1.29, 1.82) is 0 Å². The number of nitrogens with one attached hydrogen (secondary N) is 1. The first-order valence-corrected chi connectivity index (χ1v) is 6.77. The van der Waals surface area contributed by atoms with Crippen LogP contribution in [-0.4, -0.2) is 17.6 Å². The molecule has 0 saturated carbocycles. The van der Waals surface area contributed by atoms with Gasteiger partial charge in [-0.15, -0.1) is 0 Å². The molecule has 0 aromatic heterocycles. The Kier molecular flexibility index (Phi) is 5.39. The number of esters is 1. The van der Waals surface area contributed by atoms with Crippen molar-refractivity contribution in [3.63, 3.8) is 0 Å². The maximum atomic E-state index is 11.3. The molecule has 106 valence electrons. The molecule has 0 aliphatic carbocycles. The molecule has 1 N–H and O–H groups in total. The highest BCUT2D eigenvalue weighted by atomic mass is 35.5. The number of halogens is 1. The van der Waals surface area contributed by atoms with Gasteiger partial charge in [-0.1, -0.05) is 23.7 Å². The fourth-order valence-electron chi connectivity index (χ4n) is 2.08. The number of ether oxygens (including phenoxy) is 1. The SMILES string of the molecule is CC(=O)O[C@@H](c1cccc(Cl)c1)[C@H](C)NC(C)(C)C. The lowest BCUT2D eigenvalue weighted by Crippen LogP contribution is -2.45. The first-order valence-electron chi connectivity index (χ1n) is 6.39. The first kappa shape index (κ1) is 16.0. The summed E-state index contributed by atoms with van der Waals surface area (Å²) in [7, 11) is 0. The van der Waals surface area contributed by atoms with Crippen molar-refractivity contribution in [2.45, 2.75) is 52.3 Å². The van der Waals surface area contributed by atoms with E-state index in [0.717, 1.165) is 5.56 Å². The Morgan fingerprint density at radius 2 is 2.00 bits per heavy atom. The van der Waals surface area contributed by atoms with E-state index >= 15 is 0 Å². The Labute approximate surface area is 120 Å². The third kappa shape index (κ3) is 5.62. The fourth-order valence-corrected chi connectivity index (χ4v) is 2.28. The van der Waals surface area contributed by atoms with Crippen molar-refractivity contribution in [3.05, 3.63) is 34.9 Å². The molecule has 2 atom stereocenters. The Morgan fingerprint density at radius 1 is 1.37 bits per heavy atom. The number of hydrogen-bond donors (Lipinski definition) is 1. The second-order valence-corrected chi connectivity index (χ2v) is 6.20. The molecular weight excluding hydrogens is 262 g/mol. The molecule has 0 bridgehead atoms. The lowest BCUT2D eigenvalue weighted by atomic mass is 10.00. The van der Waals surface area contributed by atoms with E-state index in [1.165, 1.54) is 6.92 Å². The number of rotatable bonds is 4. The van der Waals surface area contributed by atoms with E-state index in [4.69, 9.17) is 16.3 Å². The van der Waals surface area contributed by atoms with Crippen LogP contribution in [0.2, 0.25) is 5.02 Å². The largest absolute Gasteiger partial charge is 0.456 e. The van der Waals surface area contributed by atoms with E-state index in [2.05, 4.69) is 26.1 Å². The van der Waals surface area contributed by atoms with Crippen molar-refractivity contribution in [2.24, 2.45) is 0 Å². The lowest BCUT2D eigenvalue weighted by molar-refractivity contribution is -0.148. The third-order valence-electron chi connectivity index (χ3n) is 2.58. The predicted octanol–water partition coefficient (Wildman–Crippen LogP) is 3.72. The molecule has 0 fully saturated rings. The number of hydrogen-bond acceptors (Lipinski definition) is 3. The molecule has 0 aliphatic heterocycles. The van der Waals surface area contributed by atoms with Gasteiger partial charge in [0.15, 0.2) is 0 Å². The van der Waals surface area contributed by atoms with Gasteiger partial charge in [-0.05, 0) is 45.4 Å². The van der Waals surface area contributed by atoms with Gasteiger partial charge in [-0.2, -0.15) is 0 Å². The van der Waals surface area contributed by atoms with Crippen molar-refractivity contribution < 1.29 is 9.53 Å². The van der Waals surface area contributed by atoms with E-state index in [9.17, 15) is 4.79 Å². The van der Waals surface area contributed by atoms with Gasteiger partial charge in [0.25, 0.3) is 0 Å². The molecule has 19 heavy (non-hydrogen) atoms. The van der Waals surface area contributed by atoms with Crippen molar-refractivity contribution in [3.8, 4) is 0 Å². The van der Waals surface area contributed by atoms with E-state index in [1.54, 1.807) is 6.07 Å². The molecular formula is C15H22ClNO2. The zero-order valence-electron chi connectivity index (χ0n) is 12.2. The maximum absolute atomic E-state index is 11.3. The molecule has 3 nitrogen and oxygen atoms in total. The lowest BCUT2D eigenvalue weighted by Gasteiger charge is -2.31. The summed E-state index contributed by atoms with van der Waals surface area (Å²) in [5.41, 5.74) is 0.836. The Balaban J connectivity index is 2.97. The van der Waals surface area contributed by atoms with E-state index in [0.29, 0.717) is 5.02 Å². The van der Waals surface area contributed by atoms with E-state index in [1.807, 2.05) is 25.1 Å². The quantitative estimate of drug-likeness (QED) is 0.856. The highest BCUT2D eigenvalue weighted by Gasteiger charge is 2.25. The number of carbonyl (C=O) groups excluding carboxylic acids is 1. The van der Waals surface area contributed by atoms with Gasteiger partial charge < -0.3 is 10.1 Å². The van der Waals surface area contributed by atoms with Gasteiger partial charge in [0.05, 0.1) is 0 Å². The van der Waals surface area contributed by atoms with Gasteiger partial charge in [0.2, 0.25) is 0 Å². The number of benzene rings is 1. The Bertz CT molecular complexity index is 440. The van der Waals surface area contributed by atoms with E-state index in [-0.39, 0.29) is 23.7 Å². The second kappa shape index (κ2) is 6.40. The molecule has 1 rings (SSSR count). The highest BCUT2D eigenvalue weighted by molar-refractivity contribution is 6.30. The zero-order chi connectivity index (χ0) is 14.6. The molecule has 0 unspecified atom stereocenters. The van der Waals surface area contributed by atoms with Crippen LogP contribution >= 0.6 is 11.6 Å². The minimum absolute atomic E-state index is 0.0117. The summed E-state index contributed by atoms with van der Waals surface area (Å²) in [5, 5.41) is 4.06. The molecule has 0 radical (unpaired) electrons. The van der Waals surface area contributed by atoms with Crippen LogP contribution in [0.3, 0.4) is 0 Å². The zero-order valence-corrected chi connectivity index (χ0v) is 12.9. The van der Waals surface area contributed by atoms with Crippen molar-refractivity contribution in [1.82, 2.24) is 5.32 Å². The molecule has 0 spiro atoms. The van der Waals surface area contributed by atoms with Crippen molar-refractivity contribution in [2.75, 3.05) is 0 Å². The van der Waals surface area contributed by atoms with Gasteiger partial charge in [0.1, 0.15) is 6.10 Å². The molecule has 0 aliphatic rings. The first-order chi connectivity index (χ1) is 8.69. The summed E-state index contributed by atoms with van der Waals surface area (Å²) in [5.74, 6) is -0.299. The average Bonchev–Trinajstić information content (AvgIpc) is 2.23. The maximum Gasteiger partial charge on any atom is 0.303 e. The summed E-state index contributed by atoms with van der Waals surface area (Å²) in [4.78, 5) is 11.3. The highest BCUT2D eigenvalue weighted by Crippen LogP contribution is 2.25. The molecule has 0 saturated heterocycles.